The van der Waals surface area contributed by atoms with Crippen molar-refractivity contribution >= 4 is 38.0 Å². The van der Waals surface area contributed by atoms with Crippen molar-refractivity contribution in [1.82, 2.24) is 0 Å². The van der Waals surface area contributed by atoms with Crippen molar-refractivity contribution < 1.29 is 17.9 Å². The Morgan fingerprint density at radius 1 is 1.11 bits per heavy atom. The average molecular weight is 413 g/mol. The second-order valence-corrected chi connectivity index (χ2v) is 8.15. The maximum Gasteiger partial charge on any atom is 0.261 e. The second-order valence-electron chi connectivity index (χ2n) is 5.56. The molecule has 3 aromatic rings. The smallest absolute Gasteiger partial charge is 0.261 e. The monoisotopic (exact) mass is 413 g/mol. The zero-order chi connectivity index (χ0) is 20.1. The summed E-state index contributed by atoms with van der Waals surface area (Å²) < 4.78 is 32.8. The van der Waals surface area contributed by atoms with Gasteiger partial charge in [0, 0.05) is 0 Å². The third kappa shape index (κ3) is 4.14. The Labute approximate surface area is 166 Å². The molecule has 142 valence electrons. The van der Waals surface area contributed by atoms with E-state index < -0.39 is 15.9 Å². The van der Waals surface area contributed by atoms with Crippen molar-refractivity contribution in [3.05, 3.63) is 71.1 Å². The van der Waals surface area contributed by atoms with Crippen LogP contribution in [0.3, 0.4) is 0 Å². The molecule has 0 atom stereocenters. The van der Waals surface area contributed by atoms with Crippen LogP contribution in [0.5, 0.6) is 5.75 Å². The second kappa shape index (κ2) is 8.12. The normalized spacial score (nSPS) is 10.7. The Hall–Kier alpha value is -3.35. The number of amides is 1. The van der Waals surface area contributed by atoms with Gasteiger partial charge in [0.1, 0.15) is 16.8 Å². The largest absolute Gasteiger partial charge is 0.497 e. The number of hydrogen-bond acceptors (Lipinski definition) is 6. The highest BCUT2D eigenvalue weighted by Gasteiger charge is 2.19. The van der Waals surface area contributed by atoms with Gasteiger partial charge in [-0.3, -0.25) is 9.52 Å². The van der Waals surface area contributed by atoms with E-state index in [1.54, 1.807) is 23.6 Å². The van der Waals surface area contributed by atoms with Gasteiger partial charge in [0.25, 0.3) is 15.9 Å². The number of thiophene rings is 1. The molecule has 0 unspecified atom stereocenters. The molecule has 0 bridgehead atoms. The number of nitrogens with zero attached hydrogens (tertiary/aromatic N) is 1. The summed E-state index contributed by atoms with van der Waals surface area (Å²) in [6.07, 6.45) is 0. The Morgan fingerprint density at radius 3 is 2.50 bits per heavy atom. The predicted molar refractivity (Wildman–Crippen MR) is 107 cm³/mol. The van der Waals surface area contributed by atoms with Crippen LogP contribution >= 0.6 is 11.3 Å². The van der Waals surface area contributed by atoms with Crippen molar-refractivity contribution in [2.45, 2.75) is 4.90 Å². The van der Waals surface area contributed by atoms with Crippen LogP contribution in [0.15, 0.2) is 64.9 Å². The molecule has 0 aliphatic heterocycles. The van der Waals surface area contributed by atoms with E-state index in [4.69, 9.17) is 10.00 Å². The summed E-state index contributed by atoms with van der Waals surface area (Å²) >= 11 is 1.21. The SMILES string of the molecule is COc1ccc(S(=O)(=O)Nc2ccccc2C(=O)Nc2sccc2C#N)cc1. The molecule has 0 saturated heterocycles. The number of anilines is 2. The third-order valence-electron chi connectivity index (χ3n) is 3.80. The number of nitriles is 1. The molecule has 0 aliphatic rings. The van der Waals surface area contributed by atoms with Gasteiger partial charge in [0.05, 0.1) is 28.8 Å². The molecule has 28 heavy (non-hydrogen) atoms. The first-order valence-electron chi connectivity index (χ1n) is 7.99. The van der Waals surface area contributed by atoms with Gasteiger partial charge < -0.3 is 10.1 Å². The summed E-state index contributed by atoms with van der Waals surface area (Å²) in [7, 11) is -2.42. The number of methoxy groups -OCH3 is 1. The molecule has 0 spiro atoms. The van der Waals surface area contributed by atoms with Crippen LogP contribution in [0.1, 0.15) is 15.9 Å². The van der Waals surface area contributed by atoms with Crippen LogP contribution in [0.2, 0.25) is 0 Å². The fraction of sp³-hybridized carbons (Fsp3) is 0.0526. The molecule has 1 heterocycles. The standard InChI is InChI=1S/C19H15N3O4S2/c1-26-14-6-8-15(9-7-14)28(24,25)22-17-5-3-2-4-16(17)18(23)21-19-13(12-20)10-11-27-19/h2-11,22H,1H3,(H,21,23). The van der Waals surface area contributed by atoms with E-state index in [1.165, 1.54) is 54.8 Å². The zero-order valence-electron chi connectivity index (χ0n) is 14.7. The Balaban J connectivity index is 1.87. The van der Waals surface area contributed by atoms with E-state index in [-0.39, 0.29) is 16.1 Å². The van der Waals surface area contributed by atoms with Gasteiger partial charge in [-0.2, -0.15) is 5.26 Å². The number of carbonyl (C=O) groups excluding carboxylic acids is 1. The van der Waals surface area contributed by atoms with E-state index in [1.807, 2.05) is 6.07 Å². The molecular formula is C19H15N3O4S2. The number of carbonyl (C=O) groups is 1. The first-order valence-corrected chi connectivity index (χ1v) is 10.4. The highest BCUT2D eigenvalue weighted by molar-refractivity contribution is 7.92. The van der Waals surface area contributed by atoms with Crippen LogP contribution < -0.4 is 14.8 Å². The highest BCUT2D eigenvalue weighted by atomic mass is 32.2. The molecule has 0 radical (unpaired) electrons. The zero-order valence-corrected chi connectivity index (χ0v) is 16.3. The Morgan fingerprint density at radius 2 is 1.82 bits per heavy atom. The van der Waals surface area contributed by atoms with Crippen LogP contribution in [-0.4, -0.2) is 21.4 Å². The summed E-state index contributed by atoms with van der Waals surface area (Å²) in [5.41, 5.74) is 0.609. The number of nitrogens with one attached hydrogen (secondary N) is 2. The Kier molecular flexibility index (Phi) is 5.63. The molecule has 0 fully saturated rings. The molecule has 7 nitrogen and oxygen atoms in total. The maximum absolute atomic E-state index is 12.7. The molecule has 1 aromatic heterocycles. The molecule has 0 saturated carbocycles. The molecule has 9 heteroatoms. The minimum absolute atomic E-state index is 0.0357. The number of sulfonamides is 1. The number of para-hydroxylation sites is 1. The van der Waals surface area contributed by atoms with E-state index in [2.05, 4.69) is 10.0 Å². The lowest BCUT2D eigenvalue weighted by molar-refractivity contribution is 0.102. The van der Waals surface area contributed by atoms with E-state index >= 15 is 0 Å². The van der Waals surface area contributed by atoms with Crippen LogP contribution in [0, 0.1) is 11.3 Å². The predicted octanol–water partition coefficient (Wildman–Crippen LogP) is 3.68. The van der Waals surface area contributed by atoms with Crippen LogP contribution in [0.4, 0.5) is 10.7 Å². The fourth-order valence-corrected chi connectivity index (χ4v) is 4.21. The molecular weight excluding hydrogens is 398 g/mol. The molecule has 0 aliphatic carbocycles. The van der Waals surface area contributed by atoms with Gasteiger partial charge in [-0.1, -0.05) is 12.1 Å². The average Bonchev–Trinajstić information content (AvgIpc) is 3.15. The van der Waals surface area contributed by atoms with Gasteiger partial charge in [0.2, 0.25) is 0 Å². The van der Waals surface area contributed by atoms with Gasteiger partial charge in [-0.15, -0.1) is 11.3 Å². The van der Waals surface area contributed by atoms with Crippen molar-refractivity contribution in [3.63, 3.8) is 0 Å². The maximum atomic E-state index is 12.7. The summed E-state index contributed by atoms with van der Waals surface area (Å²) in [6.45, 7) is 0. The van der Waals surface area contributed by atoms with Gasteiger partial charge in [-0.25, -0.2) is 8.42 Å². The lowest BCUT2D eigenvalue weighted by atomic mass is 10.1. The van der Waals surface area contributed by atoms with Crippen LogP contribution in [0.25, 0.3) is 0 Å². The number of hydrogen-bond donors (Lipinski definition) is 2. The van der Waals surface area contributed by atoms with Gasteiger partial charge in [0.15, 0.2) is 0 Å². The molecule has 2 N–H and O–H groups in total. The minimum atomic E-state index is -3.90. The number of benzene rings is 2. The summed E-state index contributed by atoms with van der Waals surface area (Å²) in [4.78, 5) is 12.7. The number of rotatable bonds is 6. The van der Waals surface area contributed by atoms with E-state index in [0.717, 1.165) is 0 Å². The van der Waals surface area contributed by atoms with Crippen molar-refractivity contribution in [2.24, 2.45) is 0 Å². The first-order chi connectivity index (χ1) is 13.4. The number of ether oxygens (including phenoxy) is 1. The van der Waals surface area contributed by atoms with Crippen molar-refractivity contribution in [2.75, 3.05) is 17.1 Å². The summed E-state index contributed by atoms with van der Waals surface area (Å²) in [5.74, 6) is 0.00922. The van der Waals surface area contributed by atoms with Crippen molar-refractivity contribution in [1.29, 1.82) is 5.26 Å². The molecule has 3 rings (SSSR count). The lowest BCUT2D eigenvalue weighted by Crippen LogP contribution is -2.18. The van der Waals surface area contributed by atoms with Gasteiger partial charge >= 0.3 is 0 Å². The van der Waals surface area contributed by atoms with E-state index in [9.17, 15) is 13.2 Å². The summed E-state index contributed by atoms with van der Waals surface area (Å²) in [5, 5.41) is 13.8. The highest BCUT2D eigenvalue weighted by Crippen LogP contribution is 2.26. The van der Waals surface area contributed by atoms with Crippen LogP contribution in [-0.2, 0) is 10.0 Å². The molecule has 2 aromatic carbocycles. The van der Waals surface area contributed by atoms with E-state index in [0.29, 0.717) is 16.3 Å². The van der Waals surface area contributed by atoms with Gasteiger partial charge in [-0.05, 0) is 47.8 Å². The first kappa shape index (κ1) is 19.4. The fourth-order valence-electron chi connectivity index (χ4n) is 2.39. The lowest BCUT2D eigenvalue weighted by Gasteiger charge is -2.13. The third-order valence-corrected chi connectivity index (χ3v) is 6.01. The molecule has 1 amide bonds. The topological polar surface area (TPSA) is 108 Å². The summed E-state index contributed by atoms with van der Waals surface area (Å²) in [6, 6.07) is 15.7. The quantitative estimate of drug-likeness (QED) is 0.641. The van der Waals surface area contributed by atoms with Crippen molar-refractivity contribution in [3.8, 4) is 11.8 Å². The Bertz CT molecular complexity index is 1150. The minimum Gasteiger partial charge on any atom is -0.497 e.